The summed E-state index contributed by atoms with van der Waals surface area (Å²) in [5.41, 5.74) is 4.15. The van der Waals surface area contributed by atoms with Gasteiger partial charge in [0, 0.05) is 10.9 Å². The Bertz CT molecular complexity index is 783. The fourth-order valence-electron chi connectivity index (χ4n) is 2.14. The number of anilines is 1. The van der Waals surface area contributed by atoms with Crippen molar-refractivity contribution in [3.8, 4) is 0 Å². The van der Waals surface area contributed by atoms with Crippen molar-refractivity contribution >= 4 is 35.3 Å². The number of hydrogen-bond donors (Lipinski definition) is 2. The first-order chi connectivity index (χ1) is 11.6. The number of carbonyl (C=O) groups excluding carboxylic acids is 2. The maximum atomic E-state index is 12.3. The van der Waals surface area contributed by atoms with Gasteiger partial charge in [0.25, 0.3) is 5.91 Å². The zero-order valence-electron chi connectivity index (χ0n) is 12.8. The highest BCUT2D eigenvalue weighted by Crippen LogP contribution is 2.30. The number of halogens is 1. The molecule has 3 rings (SSSR count). The molecule has 1 fully saturated rings. The number of carbonyl (C=O) groups is 2. The number of benzene rings is 2. The van der Waals surface area contributed by atoms with Crippen LogP contribution in [0.25, 0.3) is 0 Å². The molecular weight excluding hydrogens is 326 g/mol. The van der Waals surface area contributed by atoms with E-state index in [0.29, 0.717) is 16.3 Å². The molecule has 1 saturated carbocycles. The largest absolute Gasteiger partial charge is 0.325 e. The van der Waals surface area contributed by atoms with E-state index in [2.05, 4.69) is 15.8 Å². The molecule has 2 N–H and O–H groups in total. The monoisotopic (exact) mass is 341 g/mol. The molecule has 0 saturated heterocycles. The summed E-state index contributed by atoms with van der Waals surface area (Å²) in [7, 11) is 0. The molecule has 5 nitrogen and oxygen atoms in total. The fraction of sp³-hybridized carbons (Fsp3) is 0.167. The average Bonchev–Trinajstić information content (AvgIpc) is 3.42. The maximum Gasteiger partial charge on any atom is 0.273 e. The molecule has 2 amide bonds. The smallest absolute Gasteiger partial charge is 0.273 e. The van der Waals surface area contributed by atoms with E-state index >= 15 is 0 Å². The molecule has 122 valence electrons. The van der Waals surface area contributed by atoms with Crippen LogP contribution in [-0.4, -0.2) is 18.0 Å². The van der Waals surface area contributed by atoms with Crippen molar-refractivity contribution in [2.45, 2.75) is 12.8 Å². The number of rotatable bonds is 5. The van der Waals surface area contributed by atoms with Crippen molar-refractivity contribution in [2.24, 2.45) is 11.0 Å². The number of nitrogens with zero attached hydrogens (tertiary/aromatic N) is 1. The summed E-state index contributed by atoms with van der Waals surface area (Å²) in [4.78, 5) is 24.2. The minimum Gasteiger partial charge on any atom is -0.325 e. The highest BCUT2D eigenvalue weighted by atomic mass is 35.5. The highest BCUT2D eigenvalue weighted by Gasteiger charge is 2.30. The van der Waals surface area contributed by atoms with Gasteiger partial charge in [0.15, 0.2) is 0 Å². The van der Waals surface area contributed by atoms with Crippen LogP contribution in [0, 0.1) is 5.92 Å². The first-order valence-electron chi connectivity index (χ1n) is 7.62. The molecule has 24 heavy (non-hydrogen) atoms. The fourth-order valence-corrected chi connectivity index (χ4v) is 2.27. The van der Waals surface area contributed by atoms with Gasteiger partial charge in [-0.25, -0.2) is 5.43 Å². The number of nitrogens with one attached hydrogen (secondary N) is 2. The standard InChI is InChI=1S/C18H16ClN3O2/c19-14-9-5-12(6-10-14)11-20-22-18(24)15-3-1-2-4-16(15)21-17(23)13-7-8-13/h1-6,9-11,13H,7-8H2,(H,21,23)(H,22,24)/b20-11+. The molecule has 1 aliphatic carbocycles. The van der Waals surface area contributed by atoms with Crippen molar-refractivity contribution in [2.75, 3.05) is 5.32 Å². The Hall–Kier alpha value is -2.66. The predicted molar refractivity (Wildman–Crippen MR) is 94.3 cm³/mol. The lowest BCUT2D eigenvalue weighted by molar-refractivity contribution is -0.117. The summed E-state index contributed by atoms with van der Waals surface area (Å²) in [6.45, 7) is 0. The molecule has 0 radical (unpaired) electrons. The minimum absolute atomic E-state index is 0.0417. The van der Waals surface area contributed by atoms with E-state index in [0.717, 1.165) is 18.4 Å². The molecule has 0 bridgehead atoms. The summed E-state index contributed by atoms with van der Waals surface area (Å²) in [6.07, 6.45) is 3.34. The highest BCUT2D eigenvalue weighted by molar-refractivity contribution is 6.30. The zero-order valence-corrected chi connectivity index (χ0v) is 13.6. The Morgan fingerprint density at radius 2 is 1.79 bits per heavy atom. The van der Waals surface area contributed by atoms with Crippen molar-refractivity contribution in [1.82, 2.24) is 5.43 Å². The third kappa shape index (κ3) is 4.20. The van der Waals surface area contributed by atoms with Gasteiger partial charge in [-0.1, -0.05) is 35.9 Å². The Kier molecular flexibility index (Phi) is 4.91. The van der Waals surface area contributed by atoms with E-state index < -0.39 is 0 Å². The Balaban J connectivity index is 1.66. The van der Waals surface area contributed by atoms with Gasteiger partial charge in [0.2, 0.25) is 5.91 Å². The molecule has 0 unspecified atom stereocenters. The summed E-state index contributed by atoms with van der Waals surface area (Å²) in [5, 5.41) is 7.37. The molecule has 0 aliphatic heterocycles. The van der Waals surface area contributed by atoms with Crippen LogP contribution in [0.1, 0.15) is 28.8 Å². The topological polar surface area (TPSA) is 70.6 Å². The second kappa shape index (κ2) is 7.27. The van der Waals surface area contributed by atoms with Gasteiger partial charge in [0.05, 0.1) is 17.5 Å². The van der Waals surface area contributed by atoms with E-state index in [1.807, 2.05) is 0 Å². The van der Waals surface area contributed by atoms with Gasteiger partial charge in [0.1, 0.15) is 0 Å². The number of amides is 2. The lowest BCUT2D eigenvalue weighted by Gasteiger charge is -2.09. The van der Waals surface area contributed by atoms with Gasteiger partial charge in [-0.05, 0) is 42.7 Å². The number of para-hydroxylation sites is 1. The van der Waals surface area contributed by atoms with Crippen molar-refractivity contribution in [1.29, 1.82) is 0 Å². The van der Waals surface area contributed by atoms with Gasteiger partial charge >= 0.3 is 0 Å². The Morgan fingerprint density at radius 1 is 1.08 bits per heavy atom. The van der Waals surface area contributed by atoms with E-state index in [-0.39, 0.29) is 17.7 Å². The normalized spacial score (nSPS) is 13.7. The van der Waals surface area contributed by atoms with E-state index in [9.17, 15) is 9.59 Å². The van der Waals surface area contributed by atoms with Crippen molar-refractivity contribution in [3.05, 3.63) is 64.7 Å². The van der Waals surface area contributed by atoms with Crippen LogP contribution in [0.15, 0.2) is 53.6 Å². The molecule has 6 heteroatoms. The van der Waals surface area contributed by atoms with E-state index in [1.165, 1.54) is 6.21 Å². The lowest BCUT2D eigenvalue weighted by atomic mass is 10.1. The van der Waals surface area contributed by atoms with Crippen LogP contribution in [0.3, 0.4) is 0 Å². The van der Waals surface area contributed by atoms with Crippen molar-refractivity contribution in [3.63, 3.8) is 0 Å². The first-order valence-corrected chi connectivity index (χ1v) is 8.00. The van der Waals surface area contributed by atoms with Crippen molar-refractivity contribution < 1.29 is 9.59 Å². The second-order valence-corrected chi connectivity index (χ2v) is 6.00. The predicted octanol–water partition coefficient (Wildman–Crippen LogP) is 3.45. The Morgan fingerprint density at radius 3 is 2.50 bits per heavy atom. The molecule has 1 aliphatic rings. The van der Waals surface area contributed by atoms with E-state index in [1.54, 1.807) is 48.5 Å². The number of hydrazone groups is 1. The molecule has 0 heterocycles. The molecule has 0 aromatic heterocycles. The number of hydrogen-bond acceptors (Lipinski definition) is 3. The quantitative estimate of drug-likeness (QED) is 0.646. The summed E-state index contributed by atoms with van der Waals surface area (Å²) in [5.74, 6) is -0.351. The maximum absolute atomic E-state index is 12.3. The van der Waals surface area contributed by atoms with Gasteiger partial charge in [-0.15, -0.1) is 0 Å². The minimum atomic E-state index is -0.382. The third-order valence-electron chi connectivity index (χ3n) is 3.63. The Labute approximate surface area is 144 Å². The van der Waals surface area contributed by atoms with Crippen LogP contribution >= 0.6 is 11.6 Å². The summed E-state index contributed by atoms with van der Waals surface area (Å²) >= 11 is 5.81. The second-order valence-electron chi connectivity index (χ2n) is 5.56. The molecule has 0 spiro atoms. The average molecular weight is 342 g/mol. The lowest BCUT2D eigenvalue weighted by Crippen LogP contribution is -2.21. The van der Waals surface area contributed by atoms with Gasteiger partial charge in [-0.3, -0.25) is 9.59 Å². The van der Waals surface area contributed by atoms with Gasteiger partial charge < -0.3 is 5.32 Å². The van der Waals surface area contributed by atoms with Crippen LogP contribution in [0.5, 0.6) is 0 Å². The van der Waals surface area contributed by atoms with Crippen LogP contribution < -0.4 is 10.7 Å². The molecule has 2 aromatic rings. The SMILES string of the molecule is O=C(N/N=C/c1ccc(Cl)cc1)c1ccccc1NC(=O)C1CC1. The van der Waals surface area contributed by atoms with Crippen LogP contribution in [0.2, 0.25) is 5.02 Å². The zero-order chi connectivity index (χ0) is 16.9. The van der Waals surface area contributed by atoms with Crippen LogP contribution in [0.4, 0.5) is 5.69 Å². The summed E-state index contributed by atoms with van der Waals surface area (Å²) in [6, 6.07) is 13.9. The molecule has 2 aromatic carbocycles. The molecular formula is C18H16ClN3O2. The van der Waals surface area contributed by atoms with Crippen LogP contribution in [-0.2, 0) is 4.79 Å². The first kappa shape index (κ1) is 16.2. The van der Waals surface area contributed by atoms with Gasteiger partial charge in [-0.2, -0.15) is 5.10 Å². The third-order valence-corrected chi connectivity index (χ3v) is 3.88. The summed E-state index contributed by atoms with van der Waals surface area (Å²) < 4.78 is 0. The molecule has 0 atom stereocenters. The van der Waals surface area contributed by atoms with E-state index in [4.69, 9.17) is 11.6 Å².